The van der Waals surface area contributed by atoms with Crippen LogP contribution in [0.15, 0.2) is 24.3 Å². The Bertz CT molecular complexity index is 388. The zero-order valence-electron chi connectivity index (χ0n) is 11.6. The van der Waals surface area contributed by atoms with Crippen LogP contribution in [0, 0.1) is 0 Å². The molecule has 1 aromatic rings. The summed E-state index contributed by atoms with van der Waals surface area (Å²) in [7, 11) is 3.21. The maximum absolute atomic E-state index is 12.4. The lowest BCUT2D eigenvalue weighted by molar-refractivity contribution is 0.0694. The summed E-state index contributed by atoms with van der Waals surface area (Å²) in [5.74, 6) is 0.653. The summed E-state index contributed by atoms with van der Waals surface area (Å²) in [6.07, 6.45) is 0.777. The van der Waals surface area contributed by atoms with Crippen LogP contribution in [-0.2, 0) is 4.74 Å². The first-order valence-corrected chi connectivity index (χ1v) is 6.35. The van der Waals surface area contributed by atoms with Crippen LogP contribution in [0.5, 0.6) is 5.75 Å². The van der Waals surface area contributed by atoms with E-state index in [1.165, 1.54) is 0 Å². The number of nitrogens with two attached hydrogens (primary N) is 1. The Morgan fingerprint density at radius 1 is 1.32 bits per heavy atom. The fraction of sp³-hybridized carbons (Fsp3) is 0.500. The van der Waals surface area contributed by atoms with Crippen molar-refractivity contribution in [1.82, 2.24) is 4.90 Å². The van der Waals surface area contributed by atoms with Crippen molar-refractivity contribution in [2.24, 2.45) is 5.73 Å². The molecule has 5 nitrogen and oxygen atoms in total. The molecular weight excluding hydrogens is 244 g/mol. The number of amides is 1. The SMILES string of the molecule is COCCN(CCCN)C(=O)c1cccc(OC)c1. The van der Waals surface area contributed by atoms with Gasteiger partial charge in [0.05, 0.1) is 13.7 Å². The van der Waals surface area contributed by atoms with Gasteiger partial charge in [0.15, 0.2) is 0 Å². The average molecular weight is 266 g/mol. The third-order valence-electron chi connectivity index (χ3n) is 2.80. The van der Waals surface area contributed by atoms with Crippen molar-refractivity contribution in [3.05, 3.63) is 29.8 Å². The standard InChI is InChI=1S/C14H22N2O3/c1-18-10-9-16(8-4-7-15)14(17)12-5-3-6-13(11-12)19-2/h3,5-6,11H,4,7-10,15H2,1-2H3. The molecule has 0 atom stereocenters. The number of rotatable bonds is 8. The molecule has 0 aliphatic carbocycles. The average Bonchev–Trinajstić information content (AvgIpc) is 2.47. The second-order valence-electron chi connectivity index (χ2n) is 4.16. The molecule has 0 radical (unpaired) electrons. The Kier molecular flexibility index (Phi) is 6.92. The lowest BCUT2D eigenvalue weighted by Gasteiger charge is -2.22. The molecule has 1 amide bonds. The molecule has 0 aliphatic heterocycles. The van der Waals surface area contributed by atoms with E-state index in [1.54, 1.807) is 31.3 Å². The minimum absolute atomic E-state index is 0.0237. The van der Waals surface area contributed by atoms with Crippen LogP contribution in [0.4, 0.5) is 0 Å². The number of benzene rings is 1. The van der Waals surface area contributed by atoms with E-state index in [2.05, 4.69) is 0 Å². The Balaban J connectivity index is 2.77. The van der Waals surface area contributed by atoms with Crippen molar-refractivity contribution in [2.45, 2.75) is 6.42 Å². The number of carbonyl (C=O) groups excluding carboxylic acids is 1. The van der Waals surface area contributed by atoms with Gasteiger partial charge in [-0.2, -0.15) is 0 Å². The third-order valence-corrected chi connectivity index (χ3v) is 2.80. The summed E-state index contributed by atoms with van der Waals surface area (Å²) in [6.45, 7) is 2.28. The molecule has 0 bridgehead atoms. The minimum Gasteiger partial charge on any atom is -0.497 e. The van der Waals surface area contributed by atoms with Gasteiger partial charge in [-0.25, -0.2) is 0 Å². The molecule has 5 heteroatoms. The Hall–Kier alpha value is -1.59. The monoisotopic (exact) mass is 266 g/mol. The van der Waals surface area contributed by atoms with E-state index in [9.17, 15) is 4.79 Å². The van der Waals surface area contributed by atoms with Crippen molar-refractivity contribution in [2.75, 3.05) is 40.5 Å². The molecule has 0 aliphatic rings. The fourth-order valence-corrected chi connectivity index (χ4v) is 1.74. The highest BCUT2D eigenvalue weighted by Gasteiger charge is 2.15. The highest BCUT2D eigenvalue weighted by atomic mass is 16.5. The molecule has 0 spiro atoms. The maximum atomic E-state index is 12.4. The Labute approximate surface area is 114 Å². The van der Waals surface area contributed by atoms with Gasteiger partial charge < -0.3 is 20.1 Å². The van der Waals surface area contributed by atoms with E-state index in [0.717, 1.165) is 6.42 Å². The zero-order valence-corrected chi connectivity index (χ0v) is 11.6. The highest BCUT2D eigenvalue weighted by Crippen LogP contribution is 2.14. The molecule has 19 heavy (non-hydrogen) atoms. The minimum atomic E-state index is -0.0237. The molecule has 0 heterocycles. The summed E-state index contributed by atoms with van der Waals surface area (Å²) < 4.78 is 10.2. The van der Waals surface area contributed by atoms with Gasteiger partial charge in [-0.05, 0) is 31.2 Å². The Morgan fingerprint density at radius 2 is 2.11 bits per heavy atom. The topological polar surface area (TPSA) is 64.8 Å². The van der Waals surface area contributed by atoms with Crippen LogP contribution in [0.25, 0.3) is 0 Å². The molecule has 0 fully saturated rings. The lowest BCUT2D eigenvalue weighted by atomic mass is 10.2. The van der Waals surface area contributed by atoms with Crippen LogP contribution in [0.1, 0.15) is 16.8 Å². The van der Waals surface area contributed by atoms with Gasteiger partial charge in [0.2, 0.25) is 0 Å². The predicted octanol–water partition coefficient (Wildman–Crippen LogP) is 1.13. The molecule has 2 N–H and O–H groups in total. The summed E-state index contributed by atoms with van der Waals surface area (Å²) in [5.41, 5.74) is 6.12. The highest BCUT2D eigenvalue weighted by molar-refractivity contribution is 5.94. The van der Waals surface area contributed by atoms with E-state index in [4.69, 9.17) is 15.2 Å². The lowest BCUT2D eigenvalue weighted by Crippen LogP contribution is -2.35. The van der Waals surface area contributed by atoms with E-state index >= 15 is 0 Å². The molecule has 1 aromatic carbocycles. The molecule has 0 unspecified atom stereocenters. The molecule has 0 saturated carbocycles. The van der Waals surface area contributed by atoms with Crippen LogP contribution in [0.3, 0.4) is 0 Å². The normalized spacial score (nSPS) is 10.3. The van der Waals surface area contributed by atoms with E-state index < -0.39 is 0 Å². The number of hydrogen-bond donors (Lipinski definition) is 1. The number of nitrogens with zero attached hydrogens (tertiary/aromatic N) is 1. The van der Waals surface area contributed by atoms with Crippen molar-refractivity contribution < 1.29 is 14.3 Å². The van der Waals surface area contributed by atoms with Crippen molar-refractivity contribution in [1.29, 1.82) is 0 Å². The first-order valence-electron chi connectivity index (χ1n) is 6.35. The van der Waals surface area contributed by atoms with Gasteiger partial charge in [-0.15, -0.1) is 0 Å². The van der Waals surface area contributed by atoms with Crippen LogP contribution < -0.4 is 10.5 Å². The fourth-order valence-electron chi connectivity index (χ4n) is 1.74. The summed E-state index contributed by atoms with van der Waals surface area (Å²) >= 11 is 0. The van der Waals surface area contributed by atoms with Crippen molar-refractivity contribution in [3.8, 4) is 5.75 Å². The second-order valence-corrected chi connectivity index (χ2v) is 4.16. The van der Waals surface area contributed by atoms with Gasteiger partial charge in [0.25, 0.3) is 5.91 Å². The third kappa shape index (κ3) is 4.89. The molecular formula is C14H22N2O3. The van der Waals surface area contributed by atoms with Gasteiger partial charge in [0.1, 0.15) is 5.75 Å². The summed E-state index contributed by atoms with van der Waals surface area (Å²) in [5, 5.41) is 0. The zero-order chi connectivity index (χ0) is 14.1. The van der Waals surface area contributed by atoms with E-state index in [0.29, 0.717) is 37.6 Å². The van der Waals surface area contributed by atoms with E-state index in [-0.39, 0.29) is 5.91 Å². The number of methoxy groups -OCH3 is 2. The number of ether oxygens (including phenoxy) is 2. The number of carbonyl (C=O) groups is 1. The molecule has 0 aromatic heterocycles. The molecule has 1 rings (SSSR count). The van der Waals surface area contributed by atoms with Gasteiger partial charge >= 0.3 is 0 Å². The molecule has 106 valence electrons. The van der Waals surface area contributed by atoms with Gasteiger partial charge in [-0.3, -0.25) is 4.79 Å². The second kappa shape index (κ2) is 8.50. The summed E-state index contributed by atoms with van der Waals surface area (Å²) in [4.78, 5) is 14.2. The smallest absolute Gasteiger partial charge is 0.254 e. The first-order chi connectivity index (χ1) is 9.22. The first kappa shape index (κ1) is 15.5. The van der Waals surface area contributed by atoms with Crippen LogP contribution in [-0.4, -0.2) is 51.3 Å². The largest absolute Gasteiger partial charge is 0.497 e. The Morgan fingerprint density at radius 3 is 2.74 bits per heavy atom. The number of hydrogen-bond acceptors (Lipinski definition) is 4. The van der Waals surface area contributed by atoms with E-state index in [1.807, 2.05) is 12.1 Å². The van der Waals surface area contributed by atoms with Gasteiger partial charge in [0, 0.05) is 25.8 Å². The van der Waals surface area contributed by atoms with Crippen LogP contribution >= 0.6 is 0 Å². The predicted molar refractivity (Wildman–Crippen MR) is 74.4 cm³/mol. The quantitative estimate of drug-likeness (QED) is 0.766. The summed E-state index contributed by atoms with van der Waals surface area (Å²) in [6, 6.07) is 7.15. The van der Waals surface area contributed by atoms with Gasteiger partial charge in [-0.1, -0.05) is 6.07 Å². The van der Waals surface area contributed by atoms with Crippen molar-refractivity contribution >= 4 is 5.91 Å². The molecule has 0 saturated heterocycles. The van der Waals surface area contributed by atoms with Crippen molar-refractivity contribution in [3.63, 3.8) is 0 Å². The maximum Gasteiger partial charge on any atom is 0.254 e. The van der Waals surface area contributed by atoms with Crippen LogP contribution in [0.2, 0.25) is 0 Å².